The van der Waals surface area contributed by atoms with Gasteiger partial charge in [0.2, 0.25) is 5.91 Å². The van der Waals surface area contributed by atoms with Gasteiger partial charge in [-0.15, -0.1) is 0 Å². The molecule has 0 aromatic heterocycles. The number of carbonyl (C=O) groups excluding carboxylic acids is 3. The first-order valence-corrected chi connectivity index (χ1v) is 9.74. The second-order valence-corrected chi connectivity index (χ2v) is 7.33. The van der Waals surface area contributed by atoms with Gasteiger partial charge in [-0.1, -0.05) is 74.5 Å². The molecule has 6 heteroatoms. The molecule has 29 heavy (non-hydrogen) atoms. The van der Waals surface area contributed by atoms with Gasteiger partial charge in [0.05, 0.1) is 6.04 Å². The number of aldehydes is 1. The second-order valence-electron chi connectivity index (χ2n) is 7.33. The summed E-state index contributed by atoms with van der Waals surface area (Å²) in [6.45, 7) is 4.06. The average Bonchev–Trinajstić information content (AvgIpc) is 2.72. The van der Waals surface area contributed by atoms with Crippen molar-refractivity contribution in [2.45, 2.75) is 45.4 Å². The molecular formula is C23H28N2O4. The van der Waals surface area contributed by atoms with Crippen LogP contribution in [-0.4, -0.2) is 30.4 Å². The Morgan fingerprint density at radius 3 is 2.07 bits per heavy atom. The Hall–Kier alpha value is -3.15. The summed E-state index contributed by atoms with van der Waals surface area (Å²) in [6.07, 6.45) is 0.869. The maximum atomic E-state index is 12.8. The molecule has 2 amide bonds. The monoisotopic (exact) mass is 396 g/mol. The largest absolute Gasteiger partial charge is 0.445 e. The van der Waals surface area contributed by atoms with Gasteiger partial charge in [0.15, 0.2) is 0 Å². The molecule has 0 aliphatic carbocycles. The van der Waals surface area contributed by atoms with Crippen molar-refractivity contribution in [3.63, 3.8) is 0 Å². The third kappa shape index (κ3) is 8.17. The second kappa shape index (κ2) is 11.6. The van der Waals surface area contributed by atoms with Gasteiger partial charge in [-0.2, -0.15) is 0 Å². The van der Waals surface area contributed by atoms with Crippen molar-refractivity contribution >= 4 is 18.3 Å². The Morgan fingerprint density at radius 2 is 1.52 bits per heavy atom. The van der Waals surface area contributed by atoms with Crippen LogP contribution >= 0.6 is 0 Å². The molecule has 0 spiro atoms. The highest BCUT2D eigenvalue weighted by molar-refractivity contribution is 5.87. The predicted octanol–water partition coefficient (Wildman–Crippen LogP) is 3.25. The van der Waals surface area contributed by atoms with E-state index in [4.69, 9.17) is 4.74 Å². The van der Waals surface area contributed by atoms with Crippen molar-refractivity contribution < 1.29 is 19.1 Å². The molecule has 0 aliphatic rings. The zero-order valence-electron chi connectivity index (χ0n) is 16.8. The van der Waals surface area contributed by atoms with E-state index < -0.39 is 24.1 Å². The molecule has 0 saturated carbocycles. The molecule has 2 rings (SSSR count). The lowest BCUT2D eigenvalue weighted by Crippen LogP contribution is -2.51. The summed E-state index contributed by atoms with van der Waals surface area (Å²) < 4.78 is 5.24. The summed E-state index contributed by atoms with van der Waals surface area (Å²) >= 11 is 0. The summed E-state index contributed by atoms with van der Waals surface area (Å²) in [6, 6.07) is 17.2. The van der Waals surface area contributed by atoms with E-state index in [0.717, 1.165) is 17.4 Å². The normalized spacial score (nSPS) is 12.7. The van der Waals surface area contributed by atoms with Gasteiger partial charge in [0.1, 0.15) is 18.9 Å². The lowest BCUT2D eigenvalue weighted by molar-refractivity contribution is -0.125. The predicted molar refractivity (Wildman–Crippen MR) is 111 cm³/mol. The van der Waals surface area contributed by atoms with Gasteiger partial charge in [-0.25, -0.2) is 4.79 Å². The van der Waals surface area contributed by atoms with Gasteiger partial charge in [0.25, 0.3) is 0 Å². The lowest BCUT2D eigenvalue weighted by atomic mass is 10.0. The zero-order chi connectivity index (χ0) is 21.1. The average molecular weight is 396 g/mol. The van der Waals surface area contributed by atoms with Crippen LogP contribution in [0.2, 0.25) is 0 Å². The summed E-state index contributed by atoms with van der Waals surface area (Å²) in [7, 11) is 0. The topological polar surface area (TPSA) is 84.5 Å². The third-order valence-corrected chi connectivity index (χ3v) is 4.32. The van der Waals surface area contributed by atoms with E-state index in [1.807, 2.05) is 74.5 Å². The molecule has 154 valence electrons. The van der Waals surface area contributed by atoms with Crippen molar-refractivity contribution in [3.8, 4) is 0 Å². The van der Waals surface area contributed by atoms with Crippen LogP contribution in [0.1, 0.15) is 31.4 Å². The molecule has 0 bridgehead atoms. The van der Waals surface area contributed by atoms with Crippen LogP contribution < -0.4 is 10.6 Å². The minimum Gasteiger partial charge on any atom is -0.445 e. The smallest absolute Gasteiger partial charge is 0.408 e. The van der Waals surface area contributed by atoms with Gasteiger partial charge in [-0.3, -0.25) is 4.79 Å². The number of nitrogens with one attached hydrogen (secondary N) is 2. The third-order valence-electron chi connectivity index (χ3n) is 4.32. The number of hydrogen-bond donors (Lipinski definition) is 2. The molecule has 0 saturated heterocycles. The van der Waals surface area contributed by atoms with Crippen molar-refractivity contribution in [2.75, 3.05) is 0 Å². The molecule has 1 unspecified atom stereocenters. The van der Waals surface area contributed by atoms with Crippen molar-refractivity contribution in [1.82, 2.24) is 10.6 Å². The number of carbonyl (C=O) groups is 3. The molecule has 2 atom stereocenters. The quantitative estimate of drug-likeness (QED) is 0.604. The molecular weight excluding hydrogens is 368 g/mol. The van der Waals surface area contributed by atoms with Crippen molar-refractivity contribution in [3.05, 3.63) is 71.8 Å². The molecule has 2 N–H and O–H groups in total. The first-order chi connectivity index (χ1) is 14.0. The number of ether oxygens (including phenoxy) is 1. The Bertz CT molecular complexity index is 778. The molecule has 0 fully saturated rings. The SMILES string of the molecule is CC(C)CC(C=O)NC(=O)[C@H](Cc1ccccc1)NC(=O)OCc1ccccc1. The number of benzene rings is 2. The van der Waals surface area contributed by atoms with Gasteiger partial charge >= 0.3 is 6.09 Å². The highest BCUT2D eigenvalue weighted by Crippen LogP contribution is 2.07. The van der Waals surface area contributed by atoms with Crippen LogP contribution in [0.25, 0.3) is 0 Å². The molecule has 0 heterocycles. The van der Waals surface area contributed by atoms with Crippen molar-refractivity contribution in [1.29, 1.82) is 0 Å². The van der Waals surface area contributed by atoms with E-state index in [9.17, 15) is 14.4 Å². The zero-order valence-corrected chi connectivity index (χ0v) is 16.8. The van der Waals surface area contributed by atoms with E-state index in [1.165, 1.54) is 0 Å². The number of amides is 2. The lowest BCUT2D eigenvalue weighted by Gasteiger charge is -2.21. The van der Waals surface area contributed by atoms with E-state index in [2.05, 4.69) is 10.6 Å². The molecule has 2 aromatic carbocycles. The maximum Gasteiger partial charge on any atom is 0.408 e. The van der Waals surface area contributed by atoms with Crippen LogP contribution in [-0.2, 0) is 27.4 Å². The maximum absolute atomic E-state index is 12.8. The van der Waals surface area contributed by atoms with E-state index in [1.54, 1.807) is 0 Å². The summed E-state index contributed by atoms with van der Waals surface area (Å²) in [4.78, 5) is 36.4. The highest BCUT2D eigenvalue weighted by atomic mass is 16.5. The van der Waals surface area contributed by atoms with Crippen LogP contribution in [0.15, 0.2) is 60.7 Å². The Labute approximate surface area is 171 Å². The minimum absolute atomic E-state index is 0.108. The van der Waals surface area contributed by atoms with Crippen LogP contribution in [0, 0.1) is 5.92 Å². The van der Waals surface area contributed by atoms with E-state index >= 15 is 0 Å². The molecule has 0 aliphatic heterocycles. The molecule has 6 nitrogen and oxygen atoms in total. The van der Waals surface area contributed by atoms with Gasteiger partial charge in [0, 0.05) is 6.42 Å². The van der Waals surface area contributed by atoms with Gasteiger partial charge < -0.3 is 20.2 Å². The minimum atomic E-state index is -0.852. The summed E-state index contributed by atoms with van der Waals surface area (Å²) in [5.74, 6) is -0.162. The molecule has 2 aromatic rings. The Kier molecular flexibility index (Phi) is 8.89. The fraction of sp³-hybridized carbons (Fsp3) is 0.348. The number of hydrogen-bond acceptors (Lipinski definition) is 4. The Morgan fingerprint density at radius 1 is 0.931 bits per heavy atom. The van der Waals surface area contributed by atoms with Crippen LogP contribution in [0.4, 0.5) is 4.79 Å². The first-order valence-electron chi connectivity index (χ1n) is 9.74. The van der Waals surface area contributed by atoms with Crippen LogP contribution in [0.3, 0.4) is 0 Å². The summed E-state index contributed by atoms with van der Waals surface area (Å²) in [5, 5.41) is 5.35. The standard InChI is InChI=1S/C23H28N2O4/c1-17(2)13-20(15-26)24-22(27)21(14-18-9-5-3-6-10-18)25-23(28)29-16-19-11-7-4-8-12-19/h3-12,15,17,20-21H,13-14,16H2,1-2H3,(H,24,27)(H,25,28)/t20?,21-/m0/s1. The number of rotatable bonds is 10. The van der Waals surface area contributed by atoms with E-state index in [0.29, 0.717) is 12.8 Å². The first kappa shape index (κ1) is 22.1. The highest BCUT2D eigenvalue weighted by Gasteiger charge is 2.24. The van der Waals surface area contributed by atoms with Crippen molar-refractivity contribution in [2.24, 2.45) is 5.92 Å². The van der Waals surface area contributed by atoms with E-state index in [-0.39, 0.29) is 12.5 Å². The number of alkyl carbamates (subject to hydrolysis) is 1. The fourth-order valence-electron chi connectivity index (χ4n) is 2.91. The summed E-state index contributed by atoms with van der Waals surface area (Å²) in [5.41, 5.74) is 1.74. The Balaban J connectivity index is 2.02. The fourth-order valence-corrected chi connectivity index (χ4v) is 2.91. The molecule has 0 radical (unpaired) electrons. The van der Waals surface area contributed by atoms with Crippen LogP contribution in [0.5, 0.6) is 0 Å². The van der Waals surface area contributed by atoms with Gasteiger partial charge in [-0.05, 0) is 23.5 Å².